The summed E-state index contributed by atoms with van der Waals surface area (Å²) in [6, 6.07) is 10.00. The molecule has 1 aliphatic heterocycles. The second kappa shape index (κ2) is 9.25. The average Bonchev–Trinajstić information content (AvgIpc) is 2.57. The number of carbonyl (C=O) groups is 2. The molecule has 1 heterocycles. The third-order valence-corrected chi connectivity index (χ3v) is 4.35. The minimum atomic E-state index is -0.267. The van der Waals surface area contributed by atoms with Crippen LogP contribution in [0.2, 0.25) is 0 Å². The van der Waals surface area contributed by atoms with Crippen molar-refractivity contribution in [2.75, 3.05) is 19.7 Å². The van der Waals surface area contributed by atoms with Crippen LogP contribution >= 0.6 is 11.8 Å². The van der Waals surface area contributed by atoms with Crippen molar-refractivity contribution in [3.8, 4) is 0 Å². The molecule has 1 aromatic rings. The number of likely N-dealkylation sites (tertiary alicyclic amines) is 1. The zero-order chi connectivity index (χ0) is 16.5. The lowest BCUT2D eigenvalue weighted by atomic mass is 10.1. The maximum atomic E-state index is 11.9. The summed E-state index contributed by atoms with van der Waals surface area (Å²) >= 11 is 1.51. The van der Waals surface area contributed by atoms with Gasteiger partial charge in [-0.25, -0.2) is 4.79 Å². The van der Waals surface area contributed by atoms with Crippen LogP contribution in [0.25, 0.3) is 0 Å². The third kappa shape index (κ3) is 5.98. The minimum Gasteiger partial charge on any atom is -0.450 e. The van der Waals surface area contributed by atoms with Crippen LogP contribution in [-0.2, 0) is 9.53 Å². The number of amides is 2. The van der Waals surface area contributed by atoms with Crippen molar-refractivity contribution in [3.05, 3.63) is 41.8 Å². The first-order chi connectivity index (χ1) is 11.2. The van der Waals surface area contributed by atoms with Gasteiger partial charge in [0.2, 0.25) is 5.91 Å². The molecule has 0 bridgehead atoms. The molecule has 2 amide bonds. The second-order valence-corrected chi connectivity index (χ2v) is 6.18. The molecule has 0 aromatic heterocycles. The van der Waals surface area contributed by atoms with Gasteiger partial charge >= 0.3 is 6.09 Å². The molecule has 0 saturated carbocycles. The minimum absolute atomic E-state index is 0.0944. The van der Waals surface area contributed by atoms with Crippen molar-refractivity contribution in [2.24, 2.45) is 0 Å². The second-order valence-electron chi connectivity index (χ2n) is 5.20. The van der Waals surface area contributed by atoms with Crippen molar-refractivity contribution < 1.29 is 14.3 Å². The van der Waals surface area contributed by atoms with E-state index >= 15 is 0 Å². The maximum Gasteiger partial charge on any atom is 0.409 e. The molecule has 0 aliphatic carbocycles. The first-order valence-corrected chi connectivity index (χ1v) is 8.67. The maximum absolute atomic E-state index is 11.9. The predicted octanol–water partition coefficient (Wildman–Crippen LogP) is 3.03. The predicted molar refractivity (Wildman–Crippen MR) is 91.2 cm³/mol. The Morgan fingerprint density at radius 1 is 1.30 bits per heavy atom. The number of piperidine rings is 1. The van der Waals surface area contributed by atoms with E-state index in [4.69, 9.17) is 4.74 Å². The zero-order valence-corrected chi connectivity index (χ0v) is 14.1. The average molecular weight is 334 g/mol. The fraction of sp³-hybridized carbons (Fsp3) is 0.412. The molecule has 1 aromatic carbocycles. The van der Waals surface area contributed by atoms with Crippen molar-refractivity contribution >= 4 is 23.8 Å². The topological polar surface area (TPSA) is 58.6 Å². The molecular formula is C17H22N2O3S. The fourth-order valence-corrected chi connectivity index (χ4v) is 3.01. The van der Waals surface area contributed by atoms with Gasteiger partial charge in [-0.3, -0.25) is 4.79 Å². The summed E-state index contributed by atoms with van der Waals surface area (Å²) in [7, 11) is 0. The molecule has 1 saturated heterocycles. The van der Waals surface area contributed by atoms with Crippen molar-refractivity contribution in [1.29, 1.82) is 0 Å². The number of rotatable bonds is 5. The molecular weight excluding hydrogens is 312 g/mol. The fourth-order valence-electron chi connectivity index (χ4n) is 2.34. The van der Waals surface area contributed by atoms with Crippen LogP contribution in [0.15, 0.2) is 46.7 Å². The van der Waals surface area contributed by atoms with E-state index in [1.807, 2.05) is 30.3 Å². The van der Waals surface area contributed by atoms with Crippen LogP contribution in [0.3, 0.4) is 0 Å². The molecule has 0 unspecified atom stereocenters. The van der Waals surface area contributed by atoms with Gasteiger partial charge in [-0.2, -0.15) is 0 Å². The van der Waals surface area contributed by atoms with E-state index in [9.17, 15) is 9.59 Å². The van der Waals surface area contributed by atoms with E-state index in [0.29, 0.717) is 19.7 Å². The lowest BCUT2D eigenvalue weighted by Gasteiger charge is -2.31. The number of benzene rings is 1. The molecule has 0 atom stereocenters. The van der Waals surface area contributed by atoms with Crippen LogP contribution in [0.4, 0.5) is 4.79 Å². The van der Waals surface area contributed by atoms with E-state index in [0.717, 1.165) is 17.7 Å². The summed E-state index contributed by atoms with van der Waals surface area (Å²) in [5.41, 5.74) is 0. The van der Waals surface area contributed by atoms with Gasteiger partial charge in [0, 0.05) is 30.1 Å². The van der Waals surface area contributed by atoms with E-state index in [-0.39, 0.29) is 18.0 Å². The number of thioether (sulfide) groups is 1. The number of carbonyl (C=O) groups excluding carboxylic acids is 2. The third-order valence-electron chi connectivity index (χ3n) is 3.53. The quantitative estimate of drug-likeness (QED) is 0.664. The highest BCUT2D eigenvalue weighted by atomic mass is 32.2. The molecule has 1 aliphatic rings. The van der Waals surface area contributed by atoms with Crippen molar-refractivity contribution in [2.45, 2.75) is 30.7 Å². The highest BCUT2D eigenvalue weighted by Gasteiger charge is 2.23. The van der Waals surface area contributed by atoms with Crippen LogP contribution in [0, 0.1) is 0 Å². The standard InChI is InChI=1S/C17H22N2O3S/c1-2-22-17(21)19-11-8-14(9-12-19)18-16(20)10-13-23-15-6-4-3-5-7-15/h3-7,10,13-14H,2,8-9,11-12H2,1H3,(H,18,20). The molecule has 5 nitrogen and oxygen atoms in total. The first-order valence-electron chi connectivity index (χ1n) is 7.79. The Morgan fingerprint density at radius 2 is 2.00 bits per heavy atom. The highest BCUT2D eigenvalue weighted by Crippen LogP contribution is 2.18. The molecule has 0 spiro atoms. The zero-order valence-electron chi connectivity index (χ0n) is 13.2. The van der Waals surface area contributed by atoms with Gasteiger partial charge in [0.15, 0.2) is 0 Å². The summed E-state index contributed by atoms with van der Waals surface area (Å²) in [5.74, 6) is -0.0944. The number of hydrogen-bond donors (Lipinski definition) is 1. The van der Waals surface area contributed by atoms with Gasteiger partial charge in [-0.1, -0.05) is 30.0 Å². The van der Waals surface area contributed by atoms with E-state index in [1.165, 1.54) is 11.8 Å². The highest BCUT2D eigenvalue weighted by molar-refractivity contribution is 8.02. The molecule has 23 heavy (non-hydrogen) atoms. The molecule has 1 N–H and O–H groups in total. The van der Waals surface area contributed by atoms with E-state index in [1.54, 1.807) is 23.3 Å². The van der Waals surface area contributed by atoms with Crippen molar-refractivity contribution in [3.63, 3.8) is 0 Å². The Labute approximate surface area is 141 Å². The Kier molecular flexibility index (Phi) is 7.00. The van der Waals surface area contributed by atoms with Crippen molar-refractivity contribution in [1.82, 2.24) is 10.2 Å². The van der Waals surface area contributed by atoms with Gasteiger partial charge in [-0.15, -0.1) is 0 Å². The van der Waals surface area contributed by atoms with Gasteiger partial charge in [0.1, 0.15) is 0 Å². The summed E-state index contributed by atoms with van der Waals surface area (Å²) in [6.45, 7) is 3.42. The van der Waals surface area contributed by atoms with Crippen LogP contribution in [-0.4, -0.2) is 42.6 Å². The SMILES string of the molecule is CCOC(=O)N1CCC(NC(=O)C=CSc2ccccc2)CC1. The number of ether oxygens (including phenoxy) is 1. The monoisotopic (exact) mass is 334 g/mol. The van der Waals surface area contributed by atoms with E-state index < -0.39 is 0 Å². The van der Waals surface area contributed by atoms with Crippen LogP contribution in [0.5, 0.6) is 0 Å². The Balaban J connectivity index is 1.69. The Bertz CT molecular complexity index is 540. The van der Waals surface area contributed by atoms with Gasteiger partial charge in [0.25, 0.3) is 0 Å². The molecule has 6 heteroatoms. The summed E-state index contributed by atoms with van der Waals surface area (Å²) in [5, 5.41) is 4.77. The van der Waals surface area contributed by atoms with Gasteiger partial charge < -0.3 is 15.0 Å². The molecule has 1 fully saturated rings. The summed E-state index contributed by atoms with van der Waals surface area (Å²) in [6.07, 6.45) is 2.79. The summed E-state index contributed by atoms with van der Waals surface area (Å²) in [4.78, 5) is 26.3. The molecule has 2 rings (SSSR count). The lowest BCUT2D eigenvalue weighted by Crippen LogP contribution is -2.46. The Morgan fingerprint density at radius 3 is 2.65 bits per heavy atom. The van der Waals surface area contributed by atoms with Gasteiger partial charge in [0.05, 0.1) is 6.61 Å². The molecule has 0 radical (unpaired) electrons. The first kappa shape index (κ1) is 17.4. The smallest absolute Gasteiger partial charge is 0.409 e. The van der Waals surface area contributed by atoms with E-state index in [2.05, 4.69) is 5.32 Å². The number of hydrogen-bond acceptors (Lipinski definition) is 4. The summed E-state index contributed by atoms with van der Waals surface area (Å²) < 4.78 is 4.98. The largest absolute Gasteiger partial charge is 0.450 e. The normalized spacial score (nSPS) is 15.6. The Hall–Kier alpha value is -1.95. The van der Waals surface area contributed by atoms with Crippen LogP contribution < -0.4 is 5.32 Å². The number of nitrogens with one attached hydrogen (secondary N) is 1. The van der Waals surface area contributed by atoms with Crippen LogP contribution in [0.1, 0.15) is 19.8 Å². The molecule has 124 valence electrons. The lowest BCUT2D eigenvalue weighted by molar-refractivity contribution is -0.117. The number of nitrogens with zero attached hydrogens (tertiary/aromatic N) is 1. The van der Waals surface area contributed by atoms with Gasteiger partial charge in [-0.05, 0) is 37.3 Å².